The molecule has 2 aromatic rings. The number of dihydropyridines is 1. The molecule has 0 unspecified atom stereocenters. The third-order valence-corrected chi connectivity index (χ3v) is 6.66. The molecule has 4 nitrogen and oxygen atoms in total. The van der Waals surface area contributed by atoms with E-state index in [0.717, 1.165) is 34.7 Å². The number of anilines is 1. The SMILES string of the molecule is CSc1ccc([C@H]2C(C(=O)Nc3cccc(C(F)(F)F)c3)=C(C)NC3=C2C(=O)CCC3)cc1. The Balaban J connectivity index is 1.74. The lowest BCUT2D eigenvalue weighted by molar-refractivity contribution is -0.137. The number of nitrogens with one attached hydrogen (secondary N) is 2. The molecule has 1 aliphatic heterocycles. The summed E-state index contributed by atoms with van der Waals surface area (Å²) in [5, 5.41) is 5.83. The van der Waals surface area contributed by atoms with Gasteiger partial charge in [-0.05, 0) is 61.9 Å². The molecule has 33 heavy (non-hydrogen) atoms. The van der Waals surface area contributed by atoms with E-state index in [1.54, 1.807) is 18.7 Å². The van der Waals surface area contributed by atoms with Crippen molar-refractivity contribution in [2.24, 2.45) is 0 Å². The third-order valence-electron chi connectivity index (χ3n) is 5.92. The molecule has 1 atom stereocenters. The number of carbonyl (C=O) groups is 2. The highest BCUT2D eigenvalue weighted by molar-refractivity contribution is 7.98. The molecular weight excluding hydrogens is 449 g/mol. The zero-order chi connectivity index (χ0) is 23.8. The molecule has 1 heterocycles. The molecule has 8 heteroatoms. The van der Waals surface area contributed by atoms with Crippen LogP contribution in [0.15, 0.2) is 76.0 Å². The van der Waals surface area contributed by atoms with Crippen LogP contribution >= 0.6 is 11.8 Å². The number of halogens is 3. The summed E-state index contributed by atoms with van der Waals surface area (Å²) in [7, 11) is 0. The van der Waals surface area contributed by atoms with Crippen LogP contribution in [0.25, 0.3) is 0 Å². The van der Waals surface area contributed by atoms with Crippen LogP contribution in [0.5, 0.6) is 0 Å². The fourth-order valence-electron chi connectivity index (χ4n) is 4.39. The molecule has 0 fully saturated rings. The number of hydrogen-bond donors (Lipinski definition) is 2. The summed E-state index contributed by atoms with van der Waals surface area (Å²) in [6.07, 6.45) is -0.704. The summed E-state index contributed by atoms with van der Waals surface area (Å²) in [6.45, 7) is 1.76. The number of thioether (sulfide) groups is 1. The second-order valence-electron chi connectivity index (χ2n) is 8.07. The number of amides is 1. The Morgan fingerprint density at radius 3 is 2.52 bits per heavy atom. The van der Waals surface area contributed by atoms with E-state index in [0.29, 0.717) is 29.7 Å². The number of ketones is 1. The second kappa shape index (κ2) is 9.09. The first kappa shape index (κ1) is 23.2. The molecule has 2 aliphatic rings. The van der Waals surface area contributed by atoms with E-state index in [1.807, 2.05) is 30.5 Å². The first-order valence-corrected chi connectivity index (χ1v) is 11.8. The van der Waals surface area contributed by atoms with E-state index >= 15 is 0 Å². The number of allylic oxidation sites excluding steroid dienone is 3. The molecule has 172 valence electrons. The van der Waals surface area contributed by atoms with Gasteiger partial charge in [0.15, 0.2) is 5.78 Å². The Kier molecular flexibility index (Phi) is 6.38. The highest BCUT2D eigenvalue weighted by atomic mass is 32.2. The summed E-state index contributed by atoms with van der Waals surface area (Å²) in [6, 6.07) is 12.2. The molecule has 1 aliphatic carbocycles. The fourth-order valence-corrected chi connectivity index (χ4v) is 4.79. The average Bonchev–Trinajstić information content (AvgIpc) is 2.78. The Morgan fingerprint density at radius 1 is 1.12 bits per heavy atom. The number of hydrogen-bond acceptors (Lipinski definition) is 4. The van der Waals surface area contributed by atoms with Gasteiger partial charge in [0, 0.05) is 45.5 Å². The summed E-state index contributed by atoms with van der Waals surface area (Å²) >= 11 is 1.59. The predicted octanol–water partition coefficient (Wildman–Crippen LogP) is 6.03. The lowest BCUT2D eigenvalue weighted by atomic mass is 9.75. The smallest absolute Gasteiger partial charge is 0.362 e. The first-order chi connectivity index (χ1) is 15.7. The summed E-state index contributed by atoms with van der Waals surface area (Å²) in [5.74, 6) is -1.14. The second-order valence-corrected chi connectivity index (χ2v) is 8.95. The van der Waals surface area contributed by atoms with Gasteiger partial charge in [-0.2, -0.15) is 13.2 Å². The Labute approximate surface area is 194 Å². The standard InChI is InChI=1S/C25H23F3N2O2S/c1-14-21(24(32)30-17-6-3-5-16(13-17)25(26,27)28)22(15-9-11-18(33-2)12-10-15)23-19(29-14)7-4-8-20(23)31/h3,5-6,9-13,22,29H,4,7-8H2,1-2H3,(H,30,32)/t22-/m0/s1. The molecule has 0 bridgehead atoms. The van der Waals surface area contributed by atoms with E-state index < -0.39 is 23.6 Å². The van der Waals surface area contributed by atoms with Crippen molar-refractivity contribution in [1.82, 2.24) is 5.32 Å². The molecule has 2 aromatic carbocycles. The van der Waals surface area contributed by atoms with Crippen LogP contribution in [0.2, 0.25) is 0 Å². The minimum Gasteiger partial charge on any atom is -0.362 e. The average molecular weight is 473 g/mol. The van der Waals surface area contributed by atoms with Crippen molar-refractivity contribution < 1.29 is 22.8 Å². The molecule has 0 radical (unpaired) electrons. The summed E-state index contributed by atoms with van der Waals surface area (Å²) in [4.78, 5) is 27.4. The third kappa shape index (κ3) is 4.71. The highest BCUT2D eigenvalue weighted by Gasteiger charge is 2.38. The van der Waals surface area contributed by atoms with Crippen LogP contribution in [0, 0.1) is 0 Å². The molecule has 0 saturated carbocycles. The van der Waals surface area contributed by atoms with Crippen LogP contribution in [-0.4, -0.2) is 17.9 Å². The zero-order valence-electron chi connectivity index (χ0n) is 18.2. The number of benzene rings is 2. The lowest BCUT2D eigenvalue weighted by Crippen LogP contribution is -2.35. The van der Waals surface area contributed by atoms with Gasteiger partial charge in [0.2, 0.25) is 0 Å². The minimum atomic E-state index is -4.52. The number of rotatable bonds is 4. The lowest BCUT2D eigenvalue weighted by Gasteiger charge is -2.34. The number of carbonyl (C=O) groups excluding carboxylic acids is 2. The normalized spacial score (nSPS) is 18.7. The topological polar surface area (TPSA) is 58.2 Å². The van der Waals surface area contributed by atoms with Gasteiger partial charge in [-0.1, -0.05) is 18.2 Å². The van der Waals surface area contributed by atoms with Gasteiger partial charge in [0.05, 0.1) is 5.56 Å². The van der Waals surface area contributed by atoms with E-state index in [4.69, 9.17) is 0 Å². The van der Waals surface area contributed by atoms with Gasteiger partial charge in [-0.25, -0.2) is 0 Å². The van der Waals surface area contributed by atoms with Gasteiger partial charge < -0.3 is 10.6 Å². The van der Waals surface area contributed by atoms with Crippen molar-refractivity contribution in [2.45, 2.75) is 43.2 Å². The number of Topliss-reactive ketones (excluding diaryl/α,β-unsaturated/α-hetero) is 1. The van der Waals surface area contributed by atoms with Crippen molar-refractivity contribution in [1.29, 1.82) is 0 Å². The van der Waals surface area contributed by atoms with Crippen LogP contribution in [0.4, 0.5) is 18.9 Å². The fraction of sp³-hybridized carbons (Fsp3) is 0.280. The Bertz CT molecular complexity index is 1170. The largest absolute Gasteiger partial charge is 0.416 e. The van der Waals surface area contributed by atoms with Crippen molar-refractivity contribution >= 4 is 29.1 Å². The van der Waals surface area contributed by atoms with Crippen LogP contribution in [-0.2, 0) is 15.8 Å². The van der Waals surface area contributed by atoms with Gasteiger partial charge >= 0.3 is 6.18 Å². The van der Waals surface area contributed by atoms with E-state index in [-0.39, 0.29) is 11.5 Å². The van der Waals surface area contributed by atoms with Gasteiger partial charge in [-0.15, -0.1) is 11.8 Å². The molecule has 2 N–H and O–H groups in total. The van der Waals surface area contributed by atoms with Crippen LogP contribution in [0.3, 0.4) is 0 Å². The molecule has 4 rings (SSSR count). The Hall–Kier alpha value is -3.00. The zero-order valence-corrected chi connectivity index (χ0v) is 19.0. The number of alkyl halides is 3. The van der Waals surface area contributed by atoms with Crippen molar-refractivity contribution in [3.63, 3.8) is 0 Å². The first-order valence-electron chi connectivity index (χ1n) is 10.6. The maximum absolute atomic E-state index is 13.4. The maximum Gasteiger partial charge on any atom is 0.416 e. The molecule has 0 spiro atoms. The molecule has 1 amide bonds. The highest BCUT2D eigenvalue weighted by Crippen LogP contribution is 2.43. The van der Waals surface area contributed by atoms with Gasteiger partial charge in [0.25, 0.3) is 5.91 Å². The summed E-state index contributed by atoms with van der Waals surface area (Å²) < 4.78 is 39.4. The minimum absolute atomic E-state index is 0.0143. The van der Waals surface area contributed by atoms with Crippen molar-refractivity contribution in [3.05, 3.63) is 82.2 Å². The van der Waals surface area contributed by atoms with E-state index in [9.17, 15) is 22.8 Å². The van der Waals surface area contributed by atoms with Gasteiger partial charge in [0.1, 0.15) is 0 Å². The molecular formula is C25H23F3N2O2S. The van der Waals surface area contributed by atoms with Crippen LogP contribution < -0.4 is 10.6 Å². The Morgan fingerprint density at radius 2 is 1.85 bits per heavy atom. The van der Waals surface area contributed by atoms with Gasteiger partial charge in [-0.3, -0.25) is 9.59 Å². The van der Waals surface area contributed by atoms with E-state index in [1.165, 1.54) is 12.1 Å². The van der Waals surface area contributed by atoms with Crippen LogP contribution in [0.1, 0.15) is 43.2 Å². The molecule has 0 saturated heterocycles. The predicted molar refractivity (Wildman–Crippen MR) is 123 cm³/mol. The van der Waals surface area contributed by atoms with E-state index in [2.05, 4.69) is 10.6 Å². The summed E-state index contributed by atoms with van der Waals surface area (Å²) in [5.41, 5.74) is 2.30. The van der Waals surface area contributed by atoms with Crippen molar-refractivity contribution in [3.8, 4) is 0 Å². The quantitative estimate of drug-likeness (QED) is 0.533. The van der Waals surface area contributed by atoms with Crippen molar-refractivity contribution in [2.75, 3.05) is 11.6 Å². The monoisotopic (exact) mass is 472 g/mol. The maximum atomic E-state index is 13.4. The molecule has 0 aromatic heterocycles.